The number of nitrogen functional groups attached to an aromatic ring is 1. The number of rotatable bonds is 4. The highest BCUT2D eigenvalue weighted by molar-refractivity contribution is 7.98. The van der Waals surface area contributed by atoms with Gasteiger partial charge >= 0.3 is 0 Å². The molecule has 0 aliphatic heterocycles. The quantitative estimate of drug-likeness (QED) is 0.392. The van der Waals surface area contributed by atoms with Crippen LogP contribution in [-0.4, -0.2) is 4.92 Å². The van der Waals surface area contributed by atoms with Crippen LogP contribution in [0.2, 0.25) is 5.02 Å². The number of hydrogen-bond acceptors (Lipinski definition) is 4. The molecule has 0 spiro atoms. The second-order valence-electron chi connectivity index (χ2n) is 4.35. The third kappa shape index (κ3) is 3.43. The number of anilines is 1. The van der Waals surface area contributed by atoms with Crippen molar-refractivity contribution in [2.24, 2.45) is 0 Å². The van der Waals surface area contributed by atoms with E-state index in [4.69, 9.17) is 17.3 Å². The molecule has 0 unspecified atom stereocenters. The second-order valence-corrected chi connectivity index (χ2v) is 5.77. The van der Waals surface area contributed by atoms with Crippen molar-refractivity contribution >= 4 is 34.7 Å². The van der Waals surface area contributed by atoms with Crippen LogP contribution in [-0.2, 0) is 5.75 Å². The summed E-state index contributed by atoms with van der Waals surface area (Å²) < 4.78 is 0. The first-order valence-corrected chi connectivity index (χ1v) is 7.25. The lowest BCUT2D eigenvalue weighted by Crippen LogP contribution is -1.91. The number of thioether (sulfide) groups is 1. The molecular formula is C14H13ClN2O2S. The van der Waals surface area contributed by atoms with Crippen LogP contribution in [0.15, 0.2) is 41.3 Å². The molecule has 0 atom stereocenters. The first kappa shape index (κ1) is 14.7. The summed E-state index contributed by atoms with van der Waals surface area (Å²) in [5.41, 5.74) is 8.49. The van der Waals surface area contributed by atoms with Gasteiger partial charge in [0.05, 0.1) is 9.95 Å². The summed E-state index contributed by atoms with van der Waals surface area (Å²) in [5, 5.41) is 11.1. The maximum Gasteiger partial charge on any atom is 0.270 e. The van der Waals surface area contributed by atoms with Crippen LogP contribution in [0.25, 0.3) is 0 Å². The largest absolute Gasteiger partial charge is 0.399 e. The van der Waals surface area contributed by atoms with Gasteiger partial charge in [0.15, 0.2) is 0 Å². The summed E-state index contributed by atoms with van der Waals surface area (Å²) in [5.74, 6) is 0.640. The first-order valence-electron chi connectivity index (χ1n) is 5.89. The molecule has 6 heteroatoms. The SMILES string of the molecule is Cc1ccc(N)cc1SCc1ccc([N+](=O)[O-])cc1Cl. The second kappa shape index (κ2) is 6.15. The Bertz CT molecular complexity index is 662. The molecule has 0 bridgehead atoms. The number of non-ortho nitro benzene ring substituents is 1. The normalized spacial score (nSPS) is 10.5. The Morgan fingerprint density at radius 1 is 1.30 bits per heavy atom. The van der Waals surface area contributed by atoms with Crippen molar-refractivity contribution in [2.75, 3.05) is 5.73 Å². The minimum Gasteiger partial charge on any atom is -0.399 e. The maximum atomic E-state index is 10.7. The summed E-state index contributed by atoms with van der Waals surface area (Å²) in [7, 11) is 0. The smallest absolute Gasteiger partial charge is 0.270 e. The van der Waals surface area contributed by atoms with Gasteiger partial charge in [-0.3, -0.25) is 10.1 Å². The van der Waals surface area contributed by atoms with Crippen molar-refractivity contribution in [1.82, 2.24) is 0 Å². The summed E-state index contributed by atoms with van der Waals surface area (Å²) in [6.07, 6.45) is 0. The Morgan fingerprint density at radius 2 is 2.05 bits per heavy atom. The van der Waals surface area contributed by atoms with Crippen molar-refractivity contribution in [1.29, 1.82) is 0 Å². The van der Waals surface area contributed by atoms with Gasteiger partial charge in [0.1, 0.15) is 0 Å². The molecule has 0 amide bonds. The zero-order valence-corrected chi connectivity index (χ0v) is 12.4. The van der Waals surface area contributed by atoms with Gasteiger partial charge in [0.2, 0.25) is 0 Å². The average molecular weight is 309 g/mol. The van der Waals surface area contributed by atoms with E-state index in [-0.39, 0.29) is 5.69 Å². The molecule has 2 N–H and O–H groups in total. The first-order chi connectivity index (χ1) is 9.47. The number of nitrogens with zero attached hydrogens (tertiary/aromatic N) is 1. The monoisotopic (exact) mass is 308 g/mol. The lowest BCUT2D eigenvalue weighted by atomic mass is 10.2. The van der Waals surface area contributed by atoms with Gasteiger partial charge in [0, 0.05) is 28.5 Å². The van der Waals surface area contributed by atoms with Crippen LogP contribution < -0.4 is 5.73 Å². The summed E-state index contributed by atoms with van der Waals surface area (Å²) in [6.45, 7) is 2.01. The van der Waals surface area contributed by atoms with Crippen molar-refractivity contribution in [3.63, 3.8) is 0 Å². The Morgan fingerprint density at radius 3 is 2.70 bits per heavy atom. The van der Waals surface area contributed by atoms with Crippen molar-refractivity contribution in [3.05, 3.63) is 62.7 Å². The number of nitro benzene ring substituents is 1. The van der Waals surface area contributed by atoms with Gasteiger partial charge in [-0.05, 0) is 36.2 Å². The van der Waals surface area contributed by atoms with E-state index in [0.29, 0.717) is 16.5 Å². The zero-order valence-electron chi connectivity index (χ0n) is 10.8. The molecule has 0 heterocycles. The molecule has 0 saturated carbocycles. The van der Waals surface area contributed by atoms with E-state index in [1.54, 1.807) is 17.8 Å². The third-order valence-corrected chi connectivity index (χ3v) is 4.40. The van der Waals surface area contributed by atoms with Gasteiger partial charge in [0.25, 0.3) is 5.69 Å². The van der Waals surface area contributed by atoms with E-state index in [1.807, 2.05) is 25.1 Å². The van der Waals surface area contributed by atoms with Crippen LogP contribution in [0.5, 0.6) is 0 Å². The molecule has 0 aliphatic rings. The zero-order chi connectivity index (χ0) is 14.7. The molecule has 2 aromatic carbocycles. The van der Waals surface area contributed by atoms with Crippen molar-refractivity contribution in [3.8, 4) is 0 Å². The molecule has 2 rings (SSSR count). The number of nitrogens with two attached hydrogens (primary N) is 1. The molecular weight excluding hydrogens is 296 g/mol. The number of hydrogen-bond donors (Lipinski definition) is 1. The summed E-state index contributed by atoms with van der Waals surface area (Å²) in [6, 6.07) is 10.3. The highest BCUT2D eigenvalue weighted by Gasteiger charge is 2.10. The number of aryl methyl sites for hydroxylation is 1. The highest BCUT2D eigenvalue weighted by Crippen LogP contribution is 2.31. The predicted octanol–water partition coefficient (Wildman–Crippen LogP) is 4.43. The lowest BCUT2D eigenvalue weighted by molar-refractivity contribution is -0.384. The number of halogens is 1. The topological polar surface area (TPSA) is 69.2 Å². The average Bonchev–Trinajstić information content (AvgIpc) is 2.40. The molecule has 0 aromatic heterocycles. The molecule has 20 heavy (non-hydrogen) atoms. The molecule has 0 saturated heterocycles. The van der Waals surface area contributed by atoms with Crippen LogP contribution in [0.3, 0.4) is 0 Å². The maximum absolute atomic E-state index is 10.7. The van der Waals surface area contributed by atoms with Crippen LogP contribution >= 0.6 is 23.4 Å². The standard InChI is InChI=1S/C14H13ClN2O2S/c1-9-2-4-11(16)6-14(9)20-8-10-3-5-12(17(18)19)7-13(10)15/h2-7H,8,16H2,1H3. The van der Waals surface area contributed by atoms with Gasteiger partial charge in [-0.25, -0.2) is 0 Å². The molecule has 2 aromatic rings. The fraction of sp³-hybridized carbons (Fsp3) is 0.143. The Kier molecular flexibility index (Phi) is 4.52. The van der Waals surface area contributed by atoms with Gasteiger partial charge < -0.3 is 5.73 Å². The Balaban J connectivity index is 2.15. The molecule has 0 fully saturated rings. The fourth-order valence-corrected chi connectivity index (χ4v) is 3.09. The van der Waals surface area contributed by atoms with Crippen LogP contribution in [0.1, 0.15) is 11.1 Å². The predicted molar refractivity (Wildman–Crippen MR) is 83.3 cm³/mol. The van der Waals surface area contributed by atoms with E-state index in [0.717, 1.165) is 16.0 Å². The van der Waals surface area contributed by atoms with Crippen molar-refractivity contribution in [2.45, 2.75) is 17.6 Å². The Hall–Kier alpha value is -1.72. The minimum atomic E-state index is -0.454. The number of benzene rings is 2. The third-order valence-electron chi connectivity index (χ3n) is 2.84. The van der Waals surface area contributed by atoms with E-state index in [9.17, 15) is 10.1 Å². The van der Waals surface area contributed by atoms with E-state index < -0.39 is 4.92 Å². The van der Waals surface area contributed by atoms with E-state index >= 15 is 0 Å². The van der Waals surface area contributed by atoms with Gasteiger partial charge in [-0.2, -0.15) is 0 Å². The van der Waals surface area contributed by atoms with Crippen LogP contribution in [0, 0.1) is 17.0 Å². The van der Waals surface area contributed by atoms with Gasteiger partial charge in [-0.1, -0.05) is 17.7 Å². The molecule has 104 valence electrons. The minimum absolute atomic E-state index is 0.00360. The number of nitro groups is 1. The molecule has 0 radical (unpaired) electrons. The van der Waals surface area contributed by atoms with E-state index in [2.05, 4.69) is 0 Å². The molecule has 4 nitrogen and oxygen atoms in total. The highest BCUT2D eigenvalue weighted by atomic mass is 35.5. The fourth-order valence-electron chi connectivity index (χ4n) is 1.69. The van der Waals surface area contributed by atoms with Gasteiger partial charge in [-0.15, -0.1) is 11.8 Å². The lowest BCUT2D eigenvalue weighted by Gasteiger charge is -2.08. The molecule has 0 aliphatic carbocycles. The Labute approximate surface area is 126 Å². The van der Waals surface area contributed by atoms with Crippen molar-refractivity contribution < 1.29 is 4.92 Å². The van der Waals surface area contributed by atoms with E-state index in [1.165, 1.54) is 12.1 Å². The summed E-state index contributed by atoms with van der Waals surface area (Å²) >= 11 is 7.68. The summed E-state index contributed by atoms with van der Waals surface area (Å²) in [4.78, 5) is 11.3. The van der Waals surface area contributed by atoms with Crippen LogP contribution in [0.4, 0.5) is 11.4 Å².